The average Bonchev–Trinajstić information content (AvgIpc) is 2.69. The van der Waals surface area contributed by atoms with E-state index >= 15 is 0 Å². The predicted octanol–water partition coefficient (Wildman–Crippen LogP) is 4.43. The molecule has 7 nitrogen and oxygen atoms in total. The van der Waals surface area contributed by atoms with Crippen molar-refractivity contribution < 1.29 is 14.3 Å². The van der Waals surface area contributed by atoms with Gasteiger partial charge in [0.25, 0.3) is 0 Å². The summed E-state index contributed by atoms with van der Waals surface area (Å²) >= 11 is 0. The summed E-state index contributed by atoms with van der Waals surface area (Å²) in [5, 5.41) is 1.02. The summed E-state index contributed by atoms with van der Waals surface area (Å²) in [5.74, 6) is 1.04. The van der Waals surface area contributed by atoms with E-state index in [1.807, 2.05) is 39.0 Å². The monoisotopic (exact) mass is 396 g/mol. The van der Waals surface area contributed by atoms with Gasteiger partial charge in [0.15, 0.2) is 0 Å². The zero-order valence-corrected chi connectivity index (χ0v) is 17.4. The number of likely N-dealkylation sites (tertiary alicyclic amines) is 1. The van der Waals surface area contributed by atoms with Crippen molar-refractivity contribution in [1.82, 2.24) is 14.9 Å². The van der Waals surface area contributed by atoms with Crippen molar-refractivity contribution in [3.63, 3.8) is 0 Å². The van der Waals surface area contributed by atoms with Crippen molar-refractivity contribution in [2.24, 2.45) is 0 Å². The smallest absolute Gasteiger partial charge is 0.410 e. The van der Waals surface area contributed by atoms with E-state index in [0.29, 0.717) is 32.7 Å². The van der Waals surface area contributed by atoms with Gasteiger partial charge in [0.05, 0.1) is 24.2 Å². The van der Waals surface area contributed by atoms with E-state index in [1.165, 1.54) is 0 Å². The molecule has 0 bridgehead atoms. The fourth-order valence-electron chi connectivity index (χ4n) is 3.47. The number of carbonyl (C=O) groups excluding carboxylic acids is 1. The van der Waals surface area contributed by atoms with Gasteiger partial charge in [-0.25, -0.2) is 21.3 Å². The minimum atomic E-state index is -0.480. The van der Waals surface area contributed by atoms with Crippen LogP contribution in [0, 0.1) is 6.57 Å². The maximum Gasteiger partial charge on any atom is 0.410 e. The Kier molecular flexibility index (Phi) is 6.53. The number of benzene rings is 1. The van der Waals surface area contributed by atoms with Crippen LogP contribution in [0.5, 0.6) is 5.75 Å². The number of amides is 1. The number of hydrogen-bond donors (Lipinski definition) is 0. The summed E-state index contributed by atoms with van der Waals surface area (Å²) in [5.41, 5.74) is 1.40. The molecular weight excluding hydrogens is 368 g/mol. The van der Waals surface area contributed by atoms with Crippen molar-refractivity contribution >= 4 is 17.0 Å². The molecule has 2 aromatic rings. The molecule has 1 amide bonds. The predicted molar refractivity (Wildman–Crippen MR) is 111 cm³/mol. The normalized spacial score (nSPS) is 15.2. The molecule has 0 radical (unpaired) electrons. The van der Waals surface area contributed by atoms with Gasteiger partial charge < -0.3 is 19.2 Å². The fraction of sp³-hybridized carbons (Fsp3) is 0.545. The Morgan fingerprint density at radius 2 is 2.03 bits per heavy atom. The summed E-state index contributed by atoms with van der Waals surface area (Å²) < 4.78 is 11.2. The van der Waals surface area contributed by atoms with Crippen molar-refractivity contribution in [3.05, 3.63) is 41.6 Å². The molecule has 154 valence electrons. The van der Waals surface area contributed by atoms with Crippen molar-refractivity contribution in [2.45, 2.75) is 51.6 Å². The van der Waals surface area contributed by atoms with Gasteiger partial charge in [-0.2, -0.15) is 0 Å². The van der Waals surface area contributed by atoms with Gasteiger partial charge in [-0.05, 0) is 45.7 Å². The Morgan fingerprint density at radius 3 is 2.72 bits per heavy atom. The molecule has 1 saturated heterocycles. The highest BCUT2D eigenvalue weighted by molar-refractivity contribution is 5.82. The molecule has 0 saturated carbocycles. The molecular formula is C22H28N4O3. The molecule has 0 N–H and O–H groups in total. The Hall–Kier alpha value is -2.88. The first kappa shape index (κ1) is 20.8. The number of rotatable bonds is 5. The lowest BCUT2D eigenvalue weighted by Crippen LogP contribution is -2.41. The highest BCUT2D eigenvalue weighted by Gasteiger charge is 2.28. The first-order chi connectivity index (χ1) is 13.9. The number of aromatic nitrogens is 2. The van der Waals surface area contributed by atoms with Crippen LogP contribution in [0.3, 0.4) is 0 Å². The Balaban J connectivity index is 1.66. The van der Waals surface area contributed by atoms with Gasteiger partial charge in [-0.3, -0.25) is 0 Å². The van der Waals surface area contributed by atoms with Crippen molar-refractivity contribution in [1.29, 1.82) is 0 Å². The Morgan fingerprint density at radius 1 is 1.28 bits per heavy atom. The van der Waals surface area contributed by atoms with E-state index in [0.717, 1.165) is 35.2 Å². The lowest BCUT2D eigenvalue weighted by Gasteiger charge is -2.33. The van der Waals surface area contributed by atoms with Crippen LogP contribution in [-0.2, 0) is 4.74 Å². The number of ether oxygens (including phenoxy) is 2. The van der Waals surface area contributed by atoms with Gasteiger partial charge in [0.1, 0.15) is 17.7 Å². The van der Waals surface area contributed by atoms with Gasteiger partial charge in [-0.1, -0.05) is 0 Å². The second-order valence-corrected chi connectivity index (χ2v) is 8.26. The SMILES string of the molecule is [C-]#[N+]CCCOc1ccc2c(C3CCN(C(=O)OC(C)(C)C)CC3)ncnc2c1. The second kappa shape index (κ2) is 9.08. The summed E-state index contributed by atoms with van der Waals surface area (Å²) in [4.78, 5) is 26.3. The van der Waals surface area contributed by atoms with Crippen molar-refractivity contribution in [2.75, 3.05) is 26.2 Å². The first-order valence-electron chi connectivity index (χ1n) is 10.1. The molecule has 0 atom stereocenters. The van der Waals surface area contributed by atoms with E-state index in [4.69, 9.17) is 16.0 Å². The number of hydrogen-bond acceptors (Lipinski definition) is 5. The average molecular weight is 396 g/mol. The first-order valence-corrected chi connectivity index (χ1v) is 10.1. The maximum atomic E-state index is 12.3. The molecule has 29 heavy (non-hydrogen) atoms. The highest BCUT2D eigenvalue weighted by Crippen LogP contribution is 2.32. The molecule has 0 spiro atoms. The van der Waals surface area contributed by atoms with Crippen LogP contribution in [0.25, 0.3) is 15.7 Å². The lowest BCUT2D eigenvalue weighted by atomic mass is 9.91. The Labute approximate surface area is 171 Å². The van der Waals surface area contributed by atoms with Crippen LogP contribution >= 0.6 is 0 Å². The minimum absolute atomic E-state index is 0.247. The van der Waals surface area contributed by atoms with Crippen molar-refractivity contribution in [3.8, 4) is 5.75 Å². The molecule has 3 rings (SSSR count). The van der Waals surface area contributed by atoms with Crippen LogP contribution in [-0.4, -0.2) is 52.8 Å². The van der Waals surface area contributed by atoms with Crippen LogP contribution in [0.1, 0.15) is 51.6 Å². The van der Waals surface area contributed by atoms with Crippen LogP contribution in [0.2, 0.25) is 0 Å². The quantitative estimate of drug-likeness (QED) is 0.552. The summed E-state index contributed by atoms with van der Waals surface area (Å²) in [7, 11) is 0. The molecule has 1 aromatic carbocycles. The third kappa shape index (κ3) is 5.57. The molecule has 7 heteroatoms. The third-order valence-corrected chi connectivity index (χ3v) is 4.86. The number of fused-ring (bicyclic) bond motifs is 1. The van der Waals surface area contributed by atoms with Gasteiger partial charge in [0.2, 0.25) is 6.54 Å². The zero-order valence-electron chi connectivity index (χ0n) is 17.4. The molecule has 2 heterocycles. The third-order valence-electron chi connectivity index (χ3n) is 4.86. The van der Waals surface area contributed by atoms with Gasteiger partial charge in [0, 0.05) is 30.5 Å². The highest BCUT2D eigenvalue weighted by atomic mass is 16.6. The topological polar surface area (TPSA) is 68.9 Å². The summed E-state index contributed by atoms with van der Waals surface area (Å²) in [6, 6.07) is 5.87. The molecule has 1 aromatic heterocycles. The number of piperidine rings is 1. The van der Waals surface area contributed by atoms with Crippen LogP contribution in [0.4, 0.5) is 4.79 Å². The van der Waals surface area contributed by atoms with E-state index in [-0.39, 0.29) is 12.0 Å². The number of carbonyl (C=O) groups is 1. The molecule has 1 fully saturated rings. The van der Waals surface area contributed by atoms with E-state index < -0.39 is 5.60 Å². The summed E-state index contributed by atoms with van der Waals surface area (Å²) in [6.45, 7) is 14.8. The van der Waals surface area contributed by atoms with E-state index in [9.17, 15) is 4.79 Å². The van der Waals surface area contributed by atoms with Gasteiger partial charge in [-0.15, -0.1) is 0 Å². The summed E-state index contributed by atoms with van der Waals surface area (Å²) in [6.07, 6.45) is 3.76. The fourth-order valence-corrected chi connectivity index (χ4v) is 3.47. The minimum Gasteiger partial charge on any atom is -0.493 e. The maximum absolute atomic E-state index is 12.3. The lowest BCUT2D eigenvalue weighted by molar-refractivity contribution is 0.0204. The largest absolute Gasteiger partial charge is 0.493 e. The second-order valence-electron chi connectivity index (χ2n) is 8.26. The molecule has 0 aliphatic carbocycles. The molecule has 1 aliphatic heterocycles. The Bertz CT molecular complexity index is 893. The zero-order chi connectivity index (χ0) is 20.9. The molecule has 0 unspecified atom stereocenters. The van der Waals surface area contributed by atoms with Crippen LogP contribution in [0.15, 0.2) is 24.5 Å². The van der Waals surface area contributed by atoms with E-state index in [2.05, 4.69) is 14.8 Å². The molecule has 1 aliphatic rings. The van der Waals surface area contributed by atoms with E-state index in [1.54, 1.807) is 11.2 Å². The van der Waals surface area contributed by atoms with Gasteiger partial charge >= 0.3 is 6.09 Å². The number of nitrogens with zero attached hydrogens (tertiary/aromatic N) is 4. The standard InChI is InChI=1S/C22H28N4O3/c1-22(2,3)29-21(27)26-11-8-16(9-12-26)20-18-7-6-17(28-13-5-10-23-4)14-19(18)24-15-25-20/h6-7,14-16H,5,8-13H2,1-3H3. The van der Waals surface area contributed by atoms with Crippen LogP contribution < -0.4 is 4.74 Å².